The number of β-amino-alcohol motifs (C(OH)–C–C–N with tert-alkyl or cyclic N) is 1. The molecule has 0 aromatic heterocycles. The number of nitrogens with one attached hydrogen (secondary N) is 3. The Morgan fingerprint density at radius 3 is 2.75 bits per heavy atom. The zero-order valence-corrected chi connectivity index (χ0v) is 16.2. The van der Waals surface area contributed by atoms with E-state index in [2.05, 4.69) is 21.1 Å². The highest BCUT2D eigenvalue weighted by molar-refractivity contribution is 5.82. The third kappa shape index (κ3) is 4.64. The van der Waals surface area contributed by atoms with Crippen LogP contribution in [0.15, 0.2) is 30.3 Å². The highest BCUT2D eigenvalue weighted by Crippen LogP contribution is 2.22. The van der Waals surface area contributed by atoms with E-state index in [1.807, 2.05) is 35.2 Å². The van der Waals surface area contributed by atoms with Gasteiger partial charge in [0.25, 0.3) is 0 Å². The van der Waals surface area contributed by atoms with Crippen LogP contribution in [-0.2, 0) is 4.79 Å². The van der Waals surface area contributed by atoms with Gasteiger partial charge in [0.1, 0.15) is 24.5 Å². The molecule has 0 spiro atoms. The fourth-order valence-electron chi connectivity index (χ4n) is 4.37. The second-order valence-corrected chi connectivity index (χ2v) is 7.93. The molecule has 4 unspecified atom stereocenters. The zero-order chi connectivity index (χ0) is 19.3. The summed E-state index contributed by atoms with van der Waals surface area (Å²) in [6.07, 6.45) is 0.510. The van der Waals surface area contributed by atoms with Crippen molar-refractivity contribution in [1.82, 2.24) is 26.0 Å². The van der Waals surface area contributed by atoms with Gasteiger partial charge in [-0.05, 0) is 25.1 Å². The van der Waals surface area contributed by atoms with Gasteiger partial charge in [-0.2, -0.15) is 0 Å². The first-order valence-electron chi connectivity index (χ1n) is 10.3. The number of carbonyl (C=O) groups excluding carboxylic acids is 1. The first kappa shape index (κ1) is 19.6. The maximum Gasteiger partial charge on any atom is 0.241 e. The number of hydrogen-bond donors (Lipinski definition) is 4. The Labute approximate surface area is 166 Å². The monoisotopic (exact) mass is 389 g/mol. The van der Waals surface area contributed by atoms with Gasteiger partial charge in [-0.25, -0.2) is 5.43 Å². The van der Waals surface area contributed by atoms with Gasteiger partial charge in [0, 0.05) is 51.2 Å². The number of fused-ring (bicyclic) bond motifs is 1. The zero-order valence-electron chi connectivity index (χ0n) is 16.2. The molecule has 4 atom stereocenters. The molecule has 3 saturated heterocycles. The summed E-state index contributed by atoms with van der Waals surface area (Å²) in [5.74, 6) is 1.28. The molecule has 8 heteroatoms. The van der Waals surface area contributed by atoms with Crippen molar-refractivity contribution in [3.63, 3.8) is 0 Å². The number of hydrogen-bond acceptors (Lipinski definition) is 7. The van der Waals surface area contributed by atoms with Crippen LogP contribution in [0.5, 0.6) is 5.75 Å². The molecule has 3 aliphatic rings. The van der Waals surface area contributed by atoms with Crippen LogP contribution in [0.1, 0.15) is 6.42 Å². The topological polar surface area (TPSA) is 89.1 Å². The number of carbonyl (C=O) groups is 1. The lowest BCUT2D eigenvalue weighted by molar-refractivity contribution is -0.136. The van der Waals surface area contributed by atoms with Crippen LogP contribution in [0.2, 0.25) is 0 Å². The van der Waals surface area contributed by atoms with E-state index < -0.39 is 6.10 Å². The molecule has 8 nitrogen and oxygen atoms in total. The lowest BCUT2D eigenvalue weighted by Crippen LogP contribution is -2.56. The third-order valence-corrected chi connectivity index (χ3v) is 5.99. The van der Waals surface area contributed by atoms with Gasteiger partial charge in [0.05, 0.1) is 0 Å². The summed E-state index contributed by atoms with van der Waals surface area (Å²) in [5.41, 5.74) is 6.52. The molecule has 3 aliphatic heterocycles. The van der Waals surface area contributed by atoms with Crippen LogP contribution in [0.3, 0.4) is 0 Å². The normalized spacial score (nSPS) is 29.3. The van der Waals surface area contributed by atoms with Crippen LogP contribution in [-0.4, -0.2) is 91.4 Å². The molecule has 1 aromatic carbocycles. The number of piperidine rings is 1. The van der Waals surface area contributed by atoms with E-state index in [0.717, 1.165) is 38.3 Å². The molecule has 0 aliphatic carbocycles. The number of para-hydroxylation sites is 1. The van der Waals surface area contributed by atoms with Crippen LogP contribution in [0.25, 0.3) is 0 Å². The van der Waals surface area contributed by atoms with Crippen molar-refractivity contribution < 1.29 is 14.6 Å². The molecule has 0 radical (unpaired) electrons. The van der Waals surface area contributed by atoms with Crippen LogP contribution in [0, 0.1) is 5.92 Å². The maximum atomic E-state index is 13.0. The fraction of sp³-hybridized carbons (Fsp3) is 0.650. The number of aliphatic hydroxyl groups is 1. The lowest BCUT2D eigenvalue weighted by Gasteiger charge is -2.37. The Balaban J connectivity index is 1.19. The number of rotatable bonds is 6. The standard InChI is InChI=1S/C20H31N5O3/c26-15(14-28-16-4-2-1-3-5-16)13-24-8-10-25(11-9-24)20(27)19-17-12-21-7-6-18(17)22-23-19/h1-5,15,17-19,21-23,26H,6-14H2. The third-order valence-electron chi connectivity index (χ3n) is 5.99. The molecule has 4 rings (SSSR count). The second kappa shape index (κ2) is 9.19. The molecule has 1 aromatic rings. The molecule has 3 heterocycles. The second-order valence-electron chi connectivity index (χ2n) is 7.93. The molecule has 4 N–H and O–H groups in total. The molecule has 154 valence electrons. The van der Waals surface area contributed by atoms with Gasteiger partial charge >= 0.3 is 0 Å². The van der Waals surface area contributed by atoms with Gasteiger partial charge in [-0.3, -0.25) is 15.1 Å². The van der Waals surface area contributed by atoms with E-state index in [0.29, 0.717) is 31.6 Å². The van der Waals surface area contributed by atoms with E-state index >= 15 is 0 Å². The Morgan fingerprint density at radius 2 is 1.96 bits per heavy atom. The van der Waals surface area contributed by atoms with Crippen LogP contribution in [0.4, 0.5) is 0 Å². The summed E-state index contributed by atoms with van der Waals surface area (Å²) in [7, 11) is 0. The van der Waals surface area contributed by atoms with Crippen molar-refractivity contribution in [1.29, 1.82) is 0 Å². The molecule has 1 amide bonds. The summed E-state index contributed by atoms with van der Waals surface area (Å²) in [5, 5.41) is 13.7. The molecule has 3 fully saturated rings. The molecule has 0 bridgehead atoms. The highest BCUT2D eigenvalue weighted by atomic mass is 16.5. The quantitative estimate of drug-likeness (QED) is 0.498. The van der Waals surface area contributed by atoms with Crippen molar-refractivity contribution in [3.05, 3.63) is 30.3 Å². The van der Waals surface area contributed by atoms with Gasteiger partial charge in [0.15, 0.2) is 0 Å². The van der Waals surface area contributed by atoms with Crippen molar-refractivity contribution in [3.8, 4) is 5.75 Å². The van der Waals surface area contributed by atoms with Crippen molar-refractivity contribution in [2.24, 2.45) is 5.92 Å². The van der Waals surface area contributed by atoms with E-state index in [9.17, 15) is 9.90 Å². The summed E-state index contributed by atoms with van der Waals surface area (Å²) < 4.78 is 5.62. The van der Waals surface area contributed by atoms with Crippen molar-refractivity contribution >= 4 is 5.91 Å². The minimum atomic E-state index is -0.544. The number of benzene rings is 1. The van der Waals surface area contributed by atoms with Crippen molar-refractivity contribution in [2.75, 3.05) is 52.4 Å². The molecule has 0 saturated carbocycles. The smallest absolute Gasteiger partial charge is 0.241 e. The minimum absolute atomic E-state index is 0.144. The maximum absolute atomic E-state index is 13.0. The first-order valence-corrected chi connectivity index (χ1v) is 10.3. The number of nitrogens with zero attached hydrogens (tertiary/aromatic N) is 2. The minimum Gasteiger partial charge on any atom is -0.491 e. The Bertz CT molecular complexity index is 638. The fourth-order valence-corrected chi connectivity index (χ4v) is 4.37. The lowest BCUT2D eigenvalue weighted by atomic mass is 9.89. The number of aliphatic hydroxyl groups excluding tert-OH is 1. The Morgan fingerprint density at radius 1 is 1.18 bits per heavy atom. The largest absolute Gasteiger partial charge is 0.491 e. The number of piperazine rings is 1. The van der Waals surface area contributed by atoms with Crippen LogP contribution < -0.4 is 20.9 Å². The highest BCUT2D eigenvalue weighted by Gasteiger charge is 2.43. The van der Waals surface area contributed by atoms with Gasteiger partial charge in [-0.1, -0.05) is 18.2 Å². The summed E-state index contributed by atoms with van der Waals surface area (Å²) in [6.45, 7) is 5.69. The summed E-state index contributed by atoms with van der Waals surface area (Å²) in [6, 6.07) is 9.78. The number of hydrazine groups is 1. The molecular formula is C20H31N5O3. The SMILES string of the molecule is O=C(C1NNC2CCNCC21)N1CCN(CC(O)COc2ccccc2)CC1. The predicted molar refractivity (Wildman–Crippen MR) is 106 cm³/mol. The van der Waals surface area contributed by atoms with Crippen molar-refractivity contribution in [2.45, 2.75) is 24.6 Å². The Kier molecular flexibility index (Phi) is 6.43. The number of amides is 1. The summed E-state index contributed by atoms with van der Waals surface area (Å²) in [4.78, 5) is 17.1. The van der Waals surface area contributed by atoms with Gasteiger partial charge < -0.3 is 20.1 Å². The number of ether oxygens (including phenoxy) is 1. The molecule has 28 heavy (non-hydrogen) atoms. The van der Waals surface area contributed by atoms with E-state index in [4.69, 9.17) is 4.74 Å². The van der Waals surface area contributed by atoms with E-state index in [-0.39, 0.29) is 18.6 Å². The van der Waals surface area contributed by atoms with Crippen LogP contribution >= 0.6 is 0 Å². The van der Waals surface area contributed by atoms with Gasteiger partial charge in [-0.15, -0.1) is 0 Å². The molecular weight excluding hydrogens is 358 g/mol. The predicted octanol–water partition coefficient (Wildman–Crippen LogP) is -0.975. The average molecular weight is 390 g/mol. The average Bonchev–Trinajstić information content (AvgIpc) is 3.17. The summed E-state index contributed by atoms with van der Waals surface area (Å²) >= 11 is 0. The van der Waals surface area contributed by atoms with Gasteiger partial charge in [0.2, 0.25) is 5.91 Å². The first-order chi connectivity index (χ1) is 13.7. The van der Waals surface area contributed by atoms with E-state index in [1.54, 1.807) is 0 Å². The van der Waals surface area contributed by atoms with E-state index in [1.165, 1.54) is 0 Å². The Hall–Kier alpha value is -1.71.